The van der Waals surface area contributed by atoms with Crippen molar-refractivity contribution in [3.8, 4) is 0 Å². The fraction of sp³-hybridized carbons (Fsp3) is 0.333. The first-order chi connectivity index (χ1) is 5.74. The zero-order valence-corrected chi connectivity index (χ0v) is 6.75. The van der Waals surface area contributed by atoms with Crippen LogP contribution in [0, 0.1) is 0 Å². The Kier molecular flexibility index (Phi) is 2.94. The van der Waals surface area contributed by atoms with Crippen molar-refractivity contribution in [3.05, 3.63) is 23.8 Å². The van der Waals surface area contributed by atoms with Gasteiger partial charge in [0.25, 0.3) is 0 Å². The summed E-state index contributed by atoms with van der Waals surface area (Å²) in [7, 11) is 0. The van der Waals surface area contributed by atoms with Crippen molar-refractivity contribution < 1.29 is 9.59 Å². The van der Waals surface area contributed by atoms with Gasteiger partial charge in [0.1, 0.15) is 5.78 Å². The molecule has 3 heteroatoms. The number of carbonyl (C=O) groups is 2. The summed E-state index contributed by atoms with van der Waals surface area (Å²) in [6, 6.07) is 0. The quantitative estimate of drug-likeness (QED) is 0.601. The standard InChI is InChI=1S/C9H11NO2/c10-5-1-2-7-3-4-8(11)6-9(7)12/h1-3H,4-6,10H2/b2-1+. The zero-order valence-electron chi connectivity index (χ0n) is 6.75. The van der Waals surface area contributed by atoms with Crippen LogP contribution in [0.5, 0.6) is 0 Å². The molecule has 0 atom stereocenters. The van der Waals surface area contributed by atoms with E-state index in [-0.39, 0.29) is 18.0 Å². The molecule has 0 aliphatic heterocycles. The lowest BCUT2D eigenvalue weighted by molar-refractivity contribution is -0.125. The van der Waals surface area contributed by atoms with Crippen molar-refractivity contribution in [2.24, 2.45) is 5.73 Å². The first kappa shape index (κ1) is 8.87. The van der Waals surface area contributed by atoms with Gasteiger partial charge in [0.15, 0.2) is 5.78 Å². The van der Waals surface area contributed by atoms with Gasteiger partial charge in [-0.15, -0.1) is 0 Å². The summed E-state index contributed by atoms with van der Waals surface area (Å²) in [5.41, 5.74) is 5.84. The third kappa shape index (κ3) is 2.13. The molecule has 0 aromatic heterocycles. The average Bonchev–Trinajstić information content (AvgIpc) is 2.03. The van der Waals surface area contributed by atoms with Crippen molar-refractivity contribution in [1.29, 1.82) is 0 Å². The lowest BCUT2D eigenvalue weighted by Crippen LogP contribution is -2.13. The van der Waals surface area contributed by atoms with Crippen molar-refractivity contribution in [2.45, 2.75) is 12.8 Å². The minimum absolute atomic E-state index is 0.00935. The lowest BCUT2D eigenvalue weighted by atomic mass is 9.97. The van der Waals surface area contributed by atoms with Crippen molar-refractivity contribution in [2.75, 3.05) is 6.54 Å². The van der Waals surface area contributed by atoms with E-state index in [4.69, 9.17) is 5.73 Å². The number of hydrogen-bond donors (Lipinski definition) is 1. The summed E-state index contributed by atoms with van der Waals surface area (Å²) < 4.78 is 0. The predicted molar refractivity (Wildman–Crippen MR) is 45.5 cm³/mol. The van der Waals surface area contributed by atoms with E-state index >= 15 is 0 Å². The molecule has 0 bridgehead atoms. The van der Waals surface area contributed by atoms with E-state index in [1.54, 1.807) is 18.2 Å². The first-order valence-electron chi connectivity index (χ1n) is 3.85. The van der Waals surface area contributed by atoms with Gasteiger partial charge in [-0.05, 0) is 0 Å². The SMILES string of the molecule is NC/C=C/C1=CCC(=O)CC1=O. The Morgan fingerprint density at radius 1 is 1.50 bits per heavy atom. The van der Waals surface area contributed by atoms with Gasteiger partial charge < -0.3 is 5.73 Å². The summed E-state index contributed by atoms with van der Waals surface area (Å²) in [4.78, 5) is 21.9. The Bertz CT molecular complexity index is 264. The Morgan fingerprint density at radius 3 is 2.83 bits per heavy atom. The van der Waals surface area contributed by atoms with E-state index in [0.29, 0.717) is 18.5 Å². The third-order valence-electron chi connectivity index (χ3n) is 1.66. The number of rotatable bonds is 2. The molecule has 1 rings (SSSR count). The molecule has 0 unspecified atom stereocenters. The summed E-state index contributed by atoms with van der Waals surface area (Å²) in [6.07, 6.45) is 5.45. The molecular formula is C9H11NO2. The second-order valence-electron chi connectivity index (χ2n) is 2.64. The minimum Gasteiger partial charge on any atom is -0.327 e. The van der Waals surface area contributed by atoms with E-state index < -0.39 is 0 Å². The number of carbonyl (C=O) groups excluding carboxylic acids is 2. The smallest absolute Gasteiger partial charge is 0.169 e. The highest BCUT2D eigenvalue weighted by Crippen LogP contribution is 2.11. The molecule has 2 N–H and O–H groups in total. The summed E-state index contributed by atoms with van der Waals surface area (Å²) >= 11 is 0. The van der Waals surface area contributed by atoms with E-state index in [1.807, 2.05) is 0 Å². The molecule has 0 aromatic carbocycles. The predicted octanol–water partition coefficient (Wildman–Crippen LogP) is 0.360. The van der Waals surface area contributed by atoms with E-state index in [9.17, 15) is 9.59 Å². The van der Waals surface area contributed by atoms with Crippen molar-refractivity contribution in [1.82, 2.24) is 0 Å². The van der Waals surface area contributed by atoms with E-state index in [1.165, 1.54) is 0 Å². The molecule has 0 radical (unpaired) electrons. The molecule has 0 aromatic rings. The van der Waals surface area contributed by atoms with Crippen LogP contribution in [0.4, 0.5) is 0 Å². The van der Waals surface area contributed by atoms with Crippen LogP contribution in [0.15, 0.2) is 23.8 Å². The second kappa shape index (κ2) is 3.97. The van der Waals surface area contributed by atoms with Gasteiger partial charge in [0.05, 0.1) is 6.42 Å². The van der Waals surface area contributed by atoms with E-state index in [2.05, 4.69) is 0 Å². The number of ketones is 2. The number of allylic oxidation sites excluding steroid dienone is 3. The van der Waals surface area contributed by atoms with Crippen LogP contribution < -0.4 is 5.73 Å². The minimum atomic E-state index is -0.101. The summed E-state index contributed by atoms with van der Waals surface area (Å²) in [5.74, 6) is -0.110. The largest absolute Gasteiger partial charge is 0.327 e. The molecular weight excluding hydrogens is 154 g/mol. The first-order valence-corrected chi connectivity index (χ1v) is 3.85. The maximum absolute atomic E-state index is 11.1. The van der Waals surface area contributed by atoms with Crippen molar-refractivity contribution >= 4 is 11.6 Å². The zero-order chi connectivity index (χ0) is 8.97. The van der Waals surface area contributed by atoms with Gasteiger partial charge in [-0.25, -0.2) is 0 Å². The Morgan fingerprint density at radius 2 is 2.25 bits per heavy atom. The molecule has 0 heterocycles. The fourth-order valence-corrected chi connectivity index (χ4v) is 1.05. The molecule has 0 amide bonds. The monoisotopic (exact) mass is 165 g/mol. The van der Waals surface area contributed by atoms with Crippen LogP contribution >= 0.6 is 0 Å². The van der Waals surface area contributed by atoms with Gasteiger partial charge in [0, 0.05) is 18.5 Å². The van der Waals surface area contributed by atoms with Crippen LogP contribution in [0.25, 0.3) is 0 Å². The highest BCUT2D eigenvalue weighted by atomic mass is 16.1. The fourth-order valence-electron chi connectivity index (χ4n) is 1.05. The normalized spacial score (nSPS) is 18.6. The van der Waals surface area contributed by atoms with Crippen LogP contribution in [0.1, 0.15) is 12.8 Å². The van der Waals surface area contributed by atoms with Crippen LogP contribution in [-0.2, 0) is 9.59 Å². The molecule has 64 valence electrons. The molecule has 3 nitrogen and oxygen atoms in total. The molecule has 1 aliphatic rings. The van der Waals surface area contributed by atoms with Crippen LogP contribution in [-0.4, -0.2) is 18.1 Å². The maximum Gasteiger partial charge on any atom is 0.169 e. The van der Waals surface area contributed by atoms with Gasteiger partial charge in [-0.2, -0.15) is 0 Å². The van der Waals surface area contributed by atoms with Gasteiger partial charge in [-0.3, -0.25) is 9.59 Å². The second-order valence-corrected chi connectivity index (χ2v) is 2.64. The summed E-state index contributed by atoms with van der Waals surface area (Å²) in [6.45, 7) is 0.415. The van der Waals surface area contributed by atoms with Crippen LogP contribution in [0.2, 0.25) is 0 Å². The van der Waals surface area contributed by atoms with Gasteiger partial charge in [-0.1, -0.05) is 18.2 Å². The van der Waals surface area contributed by atoms with E-state index in [0.717, 1.165) is 0 Å². The Balaban J connectivity index is 2.71. The highest BCUT2D eigenvalue weighted by Gasteiger charge is 2.16. The topological polar surface area (TPSA) is 60.2 Å². The molecule has 0 saturated carbocycles. The third-order valence-corrected chi connectivity index (χ3v) is 1.66. The van der Waals surface area contributed by atoms with Gasteiger partial charge in [0.2, 0.25) is 0 Å². The molecule has 12 heavy (non-hydrogen) atoms. The number of Topliss-reactive ketones (excluding diaryl/α,β-unsaturated/α-hetero) is 2. The highest BCUT2D eigenvalue weighted by molar-refractivity contribution is 6.12. The molecule has 1 aliphatic carbocycles. The average molecular weight is 165 g/mol. The van der Waals surface area contributed by atoms with Crippen LogP contribution in [0.3, 0.4) is 0 Å². The maximum atomic E-state index is 11.1. The lowest BCUT2D eigenvalue weighted by Gasteiger charge is -2.06. The van der Waals surface area contributed by atoms with Gasteiger partial charge >= 0.3 is 0 Å². The Labute approximate surface area is 70.9 Å². The number of hydrogen-bond acceptors (Lipinski definition) is 3. The summed E-state index contributed by atoms with van der Waals surface area (Å²) in [5, 5.41) is 0. The molecule has 0 saturated heterocycles. The van der Waals surface area contributed by atoms with Crippen molar-refractivity contribution in [3.63, 3.8) is 0 Å². The molecule has 0 spiro atoms. The number of nitrogens with two attached hydrogens (primary N) is 1. The molecule has 0 fully saturated rings. The Hall–Kier alpha value is -1.22.